The molecule has 31 heavy (non-hydrogen) atoms. The fraction of sp³-hybridized carbons (Fsp3) is 0.826. The summed E-state index contributed by atoms with van der Waals surface area (Å²) in [6.07, 6.45) is 21.0. The molecule has 0 saturated carbocycles. The third kappa shape index (κ3) is 27.6. The van der Waals surface area contributed by atoms with Crippen LogP contribution in [0.2, 0.25) is 0 Å². The number of nitrogens with one attached hydrogen (secondary N) is 1. The Bertz CT molecular complexity index is 450. The van der Waals surface area contributed by atoms with Crippen LogP contribution in [0, 0.1) is 0 Å². The zero-order valence-corrected chi connectivity index (χ0v) is 22.7. The van der Waals surface area contributed by atoms with E-state index < -0.39 is 12.0 Å². The van der Waals surface area contributed by atoms with E-state index in [0.717, 1.165) is 32.1 Å². The zero-order chi connectivity index (χ0) is 21.6. The summed E-state index contributed by atoms with van der Waals surface area (Å²) in [5, 5.41) is 11.1. The predicted octanol–water partition coefficient (Wildman–Crippen LogP) is 4.79. The van der Waals surface area contributed by atoms with Gasteiger partial charge in [0.2, 0.25) is 5.91 Å². The van der Waals surface area contributed by atoms with E-state index in [4.69, 9.17) is 5.11 Å². The molecular formula is C23H39Mo2NO5-2. The molecule has 1 amide bonds. The Hall–Kier alpha value is -0.343. The molecule has 8 heteroatoms. The third-order valence-electron chi connectivity index (χ3n) is 5.06. The van der Waals surface area contributed by atoms with Gasteiger partial charge in [0.15, 0.2) is 0 Å². The van der Waals surface area contributed by atoms with Crippen molar-refractivity contribution in [1.82, 2.24) is 5.32 Å². The average molecular weight is 601 g/mol. The molecule has 6 nitrogen and oxygen atoms in total. The van der Waals surface area contributed by atoms with Crippen molar-refractivity contribution in [3.8, 4) is 0 Å². The second-order valence-corrected chi connectivity index (χ2v) is 7.76. The Balaban J connectivity index is -0.00000392. The second-order valence-electron chi connectivity index (χ2n) is 7.76. The fourth-order valence-corrected chi connectivity index (χ4v) is 3.30. The van der Waals surface area contributed by atoms with Gasteiger partial charge in [-0.05, 0) is 12.8 Å². The Labute approximate surface area is 217 Å². The molecule has 0 aliphatic carbocycles. The molecule has 0 spiro atoms. The van der Waals surface area contributed by atoms with Gasteiger partial charge in [-0.3, -0.25) is 15.9 Å². The number of aliphatic carboxylic acids is 1. The molecule has 0 rings (SSSR count). The summed E-state index contributed by atoms with van der Waals surface area (Å²) >= 11 is 0. The van der Waals surface area contributed by atoms with Crippen LogP contribution in [0.1, 0.15) is 116 Å². The number of carboxylic acids is 1. The average Bonchev–Trinajstić information content (AvgIpc) is 2.70. The number of carboxylic acid groups (broad SMARTS) is 1. The number of unbranched alkanes of at least 4 members (excludes halogenated alkanes) is 14. The summed E-state index contributed by atoms with van der Waals surface area (Å²) in [5.74, 6) is -1.19. The number of hydrogen-bond acceptors (Lipinski definition) is 4. The summed E-state index contributed by atoms with van der Waals surface area (Å²) in [7, 11) is 0. The van der Waals surface area contributed by atoms with Crippen molar-refractivity contribution in [2.24, 2.45) is 0 Å². The predicted molar refractivity (Wildman–Crippen MR) is 114 cm³/mol. The molecule has 0 aliphatic rings. The van der Waals surface area contributed by atoms with Crippen molar-refractivity contribution in [3.05, 3.63) is 0 Å². The molecule has 0 aromatic carbocycles. The van der Waals surface area contributed by atoms with Crippen LogP contribution in [-0.4, -0.2) is 35.6 Å². The van der Waals surface area contributed by atoms with Crippen LogP contribution in [0.4, 0.5) is 0 Å². The summed E-state index contributed by atoms with van der Waals surface area (Å²) in [5.41, 5.74) is 0. The van der Waals surface area contributed by atoms with Gasteiger partial charge in [0.05, 0.1) is 0 Å². The van der Waals surface area contributed by atoms with Crippen LogP contribution >= 0.6 is 0 Å². The van der Waals surface area contributed by atoms with Crippen LogP contribution in [0.5, 0.6) is 0 Å². The first kappa shape index (κ1) is 35.3. The van der Waals surface area contributed by atoms with Gasteiger partial charge < -0.3 is 20.0 Å². The largest absolute Gasteiger partial charge is 0.542 e. The maximum Gasteiger partial charge on any atom is 0.303 e. The van der Waals surface area contributed by atoms with Crippen LogP contribution in [0.25, 0.3) is 0 Å². The van der Waals surface area contributed by atoms with Gasteiger partial charge in [-0.2, -0.15) is 6.42 Å². The van der Waals surface area contributed by atoms with Crippen LogP contribution in [0.3, 0.4) is 0 Å². The molecule has 1 unspecified atom stereocenters. The van der Waals surface area contributed by atoms with Gasteiger partial charge in [-0.15, -0.1) is 0 Å². The minimum absolute atomic E-state index is 0. The first-order valence-corrected chi connectivity index (χ1v) is 11.3. The molecule has 1 atom stereocenters. The van der Waals surface area contributed by atoms with Gasteiger partial charge in [0.1, 0.15) is 0 Å². The van der Waals surface area contributed by atoms with E-state index in [9.17, 15) is 19.2 Å². The smallest absolute Gasteiger partial charge is 0.303 e. The Morgan fingerprint density at radius 2 is 1.10 bits per heavy atom. The molecule has 0 aliphatic heterocycles. The van der Waals surface area contributed by atoms with Crippen molar-refractivity contribution in [3.63, 3.8) is 0 Å². The van der Waals surface area contributed by atoms with Gasteiger partial charge in [0.25, 0.3) is 0 Å². The Kier molecular flexibility index (Phi) is 31.5. The zero-order valence-electron chi connectivity index (χ0n) is 18.7. The first-order valence-electron chi connectivity index (χ1n) is 11.3. The minimum atomic E-state index is -0.985. The molecule has 180 valence electrons. The maximum atomic E-state index is 11.8. The Morgan fingerprint density at radius 3 is 1.48 bits per heavy atom. The van der Waals surface area contributed by atoms with Gasteiger partial charge >= 0.3 is 5.97 Å². The van der Waals surface area contributed by atoms with Crippen molar-refractivity contribution >= 4 is 24.4 Å². The van der Waals surface area contributed by atoms with Crippen LogP contribution in [-0.2, 0) is 61.3 Å². The first-order chi connectivity index (χ1) is 14.1. The van der Waals surface area contributed by atoms with Crippen molar-refractivity contribution in [2.75, 3.05) is 0 Å². The standard InChI is InChI=1S/C23H39NO5.2Mo/c25-19-15-13-11-9-7-5-3-1-2-4-6-8-10-12-14-16-22(27)24-21(20-26)17-18-23(28)29;;/h21H,1-18H2,(H,24,27)(H,28,29);;/q-2;;. The Morgan fingerprint density at radius 1 is 0.677 bits per heavy atom. The third-order valence-corrected chi connectivity index (χ3v) is 5.06. The normalized spacial score (nSPS) is 11.0. The SMILES string of the molecule is O=[C-]CCCCCCCCCCCCCCCCC(=O)NC([C-]=O)CCC(=O)O.[Mo].[Mo]. The van der Waals surface area contributed by atoms with E-state index in [1.165, 1.54) is 57.8 Å². The van der Waals surface area contributed by atoms with Crippen molar-refractivity contribution in [2.45, 2.75) is 122 Å². The maximum absolute atomic E-state index is 11.8. The van der Waals surface area contributed by atoms with Crippen LogP contribution in [0.15, 0.2) is 0 Å². The summed E-state index contributed by atoms with van der Waals surface area (Å²) < 4.78 is 0. The van der Waals surface area contributed by atoms with E-state index in [2.05, 4.69) is 5.32 Å². The molecule has 2 N–H and O–H groups in total. The number of hydrogen-bond donors (Lipinski definition) is 2. The topological polar surface area (TPSA) is 101 Å². The van der Waals surface area contributed by atoms with E-state index in [-0.39, 0.29) is 60.9 Å². The molecular weight excluding hydrogens is 562 g/mol. The van der Waals surface area contributed by atoms with E-state index in [1.54, 1.807) is 6.29 Å². The molecule has 0 radical (unpaired) electrons. The quantitative estimate of drug-likeness (QED) is 0.106. The van der Waals surface area contributed by atoms with Gasteiger partial charge in [0, 0.05) is 55.0 Å². The number of amides is 1. The van der Waals surface area contributed by atoms with Crippen molar-refractivity contribution < 1.29 is 66.4 Å². The van der Waals surface area contributed by atoms with Crippen molar-refractivity contribution in [1.29, 1.82) is 0 Å². The van der Waals surface area contributed by atoms with E-state index in [0.29, 0.717) is 12.8 Å². The molecule has 0 bridgehead atoms. The molecule has 0 aromatic rings. The fourth-order valence-electron chi connectivity index (χ4n) is 3.30. The second kappa shape index (κ2) is 27.7. The van der Waals surface area contributed by atoms with Gasteiger partial charge in [-0.1, -0.05) is 89.5 Å². The number of carbonyl (C=O) groups excluding carboxylic acids is 3. The molecule has 0 fully saturated rings. The summed E-state index contributed by atoms with van der Waals surface area (Å²) in [4.78, 5) is 43.1. The molecule has 0 heterocycles. The molecule has 0 saturated heterocycles. The van der Waals surface area contributed by atoms with E-state index >= 15 is 0 Å². The minimum Gasteiger partial charge on any atom is -0.542 e. The number of rotatable bonds is 22. The summed E-state index contributed by atoms with van der Waals surface area (Å²) in [6.45, 7) is 0. The number of carbonyl (C=O) groups is 2. The van der Waals surface area contributed by atoms with Crippen LogP contribution < -0.4 is 5.32 Å². The van der Waals surface area contributed by atoms with E-state index in [1.807, 2.05) is 6.29 Å². The summed E-state index contributed by atoms with van der Waals surface area (Å²) in [6, 6.07) is -0.820. The monoisotopic (exact) mass is 605 g/mol. The van der Waals surface area contributed by atoms with Gasteiger partial charge in [-0.25, -0.2) is 6.29 Å². The molecule has 0 aromatic heterocycles.